The highest BCUT2D eigenvalue weighted by Gasteiger charge is 2.22. The van der Waals surface area contributed by atoms with E-state index in [0.717, 1.165) is 5.56 Å². The number of rotatable bonds is 3. The number of hydrazine groups is 1. The molecule has 1 amide bonds. The molecule has 100 valence electrons. The summed E-state index contributed by atoms with van der Waals surface area (Å²) in [4.78, 5) is 11.5. The Kier molecular flexibility index (Phi) is 4.35. The molecule has 0 unspecified atom stereocenters. The fourth-order valence-electron chi connectivity index (χ4n) is 1.44. The quantitative estimate of drug-likeness (QED) is 0.811. The largest absolute Gasteiger partial charge is 0.443 e. The van der Waals surface area contributed by atoms with Crippen molar-refractivity contribution >= 4 is 6.09 Å². The summed E-state index contributed by atoms with van der Waals surface area (Å²) >= 11 is 0. The first-order chi connectivity index (χ1) is 8.21. The van der Waals surface area contributed by atoms with Crippen molar-refractivity contribution in [1.82, 2.24) is 10.9 Å². The van der Waals surface area contributed by atoms with Crippen molar-refractivity contribution in [3.8, 4) is 0 Å². The summed E-state index contributed by atoms with van der Waals surface area (Å²) in [5, 5.41) is 0. The molecule has 0 spiro atoms. The molecule has 0 aromatic heterocycles. The van der Waals surface area contributed by atoms with Crippen LogP contribution in [0.25, 0.3) is 0 Å². The van der Waals surface area contributed by atoms with Gasteiger partial charge in [0.05, 0.1) is 5.54 Å². The predicted octanol–water partition coefficient (Wildman–Crippen LogP) is 2.95. The lowest BCUT2D eigenvalue weighted by Crippen LogP contribution is -2.50. The summed E-state index contributed by atoms with van der Waals surface area (Å²) in [6.45, 7) is 9.46. The zero-order valence-corrected chi connectivity index (χ0v) is 11.7. The Morgan fingerprint density at radius 2 is 1.61 bits per heavy atom. The van der Waals surface area contributed by atoms with Crippen LogP contribution in [0, 0.1) is 0 Å². The third kappa shape index (κ3) is 4.75. The van der Waals surface area contributed by atoms with Crippen molar-refractivity contribution in [2.24, 2.45) is 0 Å². The number of carbonyl (C=O) groups is 1. The van der Waals surface area contributed by atoms with Crippen molar-refractivity contribution in [2.45, 2.75) is 45.8 Å². The number of ether oxygens (including phenoxy) is 1. The fraction of sp³-hybridized carbons (Fsp3) is 0.500. The monoisotopic (exact) mass is 250 g/mol. The van der Waals surface area contributed by atoms with Crippen molar-refractivity contribution in [3.05, 3.63) is 35.9 Å². The maximum absolute atomic E-state index is 11.5. The lowest BCUT2D eigenvalue weighted by molar-refractivity contribution is 0.0470. The Labute approximate surface area is 109 Å². The van der Waals surface area contributed by atoms with Crippen LogP contribution in [0.15, 0.2) is 30.3 Å². The Balaban J connectivity index is 2.55. The number of hydrogen-bond acceptors (Lipinski definition) is 3. The second kappa shape index (κ2) is 5.40. The van der Waals surface area contributed by atoms with Crippen molar-refractivity contribution in [1.29, 1.82) is 0 Å². The molecule has 18 heavy (non-hydrogen) atoms. The average Bonchev–Trinajstić information content (AvgIpc) is 2.26. The van der Waals surface area contributed by atoms with Crippen LogP contribution in [0.2, 0.25) is 0 Å². The van der Waals surface area contributed by atoms with Crippen LogP contribution in [0.4, 0.5) is 4.79 Å². The van der Waals surface area contributed by atoms with E-state index in [0.29, 0.717) is 0 Å². The van der Waals surface area contributed by atoms with Crippen LogP contribution in [-0.4, -0.2) is 11.7 Å². The Morgan fingerprint density at radius 3 is 2.11 bits per heavy atom. The summed E-state index contributed by atoms with van der Waals surface area (Å²) in [6.07, 6.45) is -0.480. The van der Waals surface area contributed by atoms with Gasteiger partial charge in [-0.05, 0) is 40.2 Å². The maximum atomic E-state index is 11.5. The minimum absolute atomic E-state index is 0.363. The Hall–Kier alpha value is -1.55. The second-order valence-electron chi connectivity index (χ2n) is 5.74. The van der Waals surface area contributed by atoms with E-state index in [9.17, 15) is 4.79 Å². The first-order valence-electron chi connectivity index (χ1n) is 6.02. The Morgan fingerprint density at radius 1 is 1.06 bits per heavy atom. The van der Waals surface area contributed by atoms with E-state index in [1.807, 2.05) is 65.0 Å². The van der Waals surface area contributed by atoms with Gasteiger partial charge in [0, 0.05) is 0 Å². The molecular weight excluding hydrogens is 228 g/mol. The van der Waals surface area contributed by atoms with Crippen LogP contribution in [0.5, 0.6) is 0 Å². The van der Waals surface area contributed by atoms with E-state index in [4.69, 9.17) is 4.74 Å². The maximum Gasteiger partial charge on any atom is 0.422 e. The number of carbonyl (C=O) groups excluding carboxylic acids is 1. The van der Waals surface area contributed by atoms with E-state index >= 15 is 0 Å². The summed E-state index contributed by atoms with van der Waals surface area (Å²) in [7, 11) is 0. The van der Waals surface area contributed by atoms with E-state index in [1.54, 1.807) is 0 Å². The van der Waals surface area contributed by atoms with Gasteiger partial charge in [-0.25, -0.2) is 10.2 Å². The zero-order valence-electron chi connectivity index (χ0n) is 11.7. The summed E-state index contributed by atoms with van der Waals surface area (Å²) in [5.41, 5.74) is 5.76. The summed E-state index contributed by atoms with van der Waals surface area (Å²) in [5.74, 6) is 0. The standard InChI is InChI=1S/C14H22N2O2/c1-13(2,3)18-12(17)15-16-14(4,5)11-9-7-6-8-10-11/h6-10,16H,1-5H3,(H,15,17). The highest BCUT2D eigenvalue weighted by molar-refractivity contribution is 5.67. The summed E-state index contributed by atoms with van der Waals surface area (Å²) < 4.78 is 5.16. The van der Waals surface area contributed by atoms with E-state index in [1.165, 1.54) is 0 Å². The molecule has 0 atom stereocenters. The van der Waals surface area contributed by atoms with E-state index in [-0.39, 0.29) is 5.54 Å². The molecule has 0 saturated carbocycles. The second-order valence-corrected chi connectivity index (χ2v) is 5.74. The molecule has 1 aromatic carbocycles. The van der Waals surface area contributed by atoms with Gasteiger partial charge in [0.1, 0.15) is 5.60 Å². The normalized spacial score (nSPS) is 12.1. The molecule has 0 saturated heterocycles. The minimum atomic E-state index is -0.497. The molecular formula is C14H22N2O2. The van der Waals surface area contributed by atoms with Gasteiger partial charge in [-0.2, -0.15) is 0 Å². The smallest absolute Gasteiger partial charge is 0.422 e. The molecule has 0 radical (unpaired) electrons. The van der Waals surface area contributed by atoms with Gasteiger partial charge in [0.25, 0.3) is 0 Å². The van der Waals surface area contributed by atoms with Crippen molar-refractivity contribution in [3.63, 3.8) is 0 Å². The minimum Gasteiger partial charge on any atom is -0.443 e. The molecule has 4 heteroatoms. The number of nitrogens with one attached hydrogen (secondary N) is 2. The van der Waals surface area contributed by atoms with Crippen LogP contribution in [0.3, 0.4) is 0 Å². The highest BCUT2D eigenvalue weighted by Crippen LogP contribution is 2.18. The van der Waals surface area contributed by atoms with Crippen LogP contribution in [-0.2, 0) is 10.3 Å². The van der Waals surface area contributed by atoms with Gasteiger partial charge in [0.15, 0.2) is 0 Å². The average molecular weight is 250 g/mol. The molecule has 0 aliphatic carbocycles. The SMILES string of the molecule is CC(C)(C)OC(=O)NNC(C)(C)c1ccccc1. The molecule has 0 bridgehead atoms. The molecule has 0 fully saturated rings. The first-order valence-corrected chi connectivity index (χ1v) is 6.02. The van der Waals surface area contributed by atoms with Gasteiger partial charge in [0.2, 0.25) is 0 Å². The lowest BCUT2D eigenvalue weighted by Gasteiger charge is -2.28. The molecule has 0 aliphatic rings. The molecule has 2 N–H and O–H groups in total. The zero-order chi connectivity index (χ0) is 13.8. The van der Waals surface area contributed by atoms with Gasteiger partial charge in [-0.1, -0.05) is 30.3 Å². The molecule has 1 aromatic rings. The lowest BCUT2D eigenvalue weighted by atomic mass is 9.95. The van der Waals surface area contributed by atoms with E-state index in [2.05, 4.69) is 10.9 Å². The van der Waals surface area contributed by atoms with E-state index < -0.39 is 11.7 Å². The molecule has 0 heterocycles. The number of amides is 1. The third-order valence-corrected chi connectivity index (χ3v) is 2.37. The summed E-state index contributed by atoms with van der Waals surface area (Å²) in [6, 6.07) is 9.90. The van der Waals surface area contributed by atoms with Crippen LogP contribution in [0.1, 0.15) is 40.2 Å². The van der Waals surface area contributed by atoms with Gasteiger partial charge in [-0.3, -0.25) is 5.43 Å². The van der Waals surface area contributed by atoms with Crippen molar-refractivity contribution in [2.75, 3.05) is 0 Å². The van der Waals surface area contributed by atoms with Crippen molar-refractivity contribution < 1.29 is 9.53 Å². The van der Waals surface area contributed by atoms with Gasteiger partial charge < -0.3 is 4.74 Å². The topological polar surface area (TPSA) is 50.4 Å². The van der Waals surface area contributed by atoms with Gasteiger partial charge >= 0.3 is 6.09 Å². The fourth-order valence-corrected chi connectivity index (χ4v) is 1.44. The third-order valence-electron chi connectivity index (χ3n) is 2.37. The predicted molar refractivity (Wildman–Crippen MR) is 72.0 cm³/mol. The molecule has 0 aliphatic heterocycles. The first kappa shape index (κ1) is 14.5. The molecule has 1 rings (SSSR count). The molecule has 4 nitrogen and oxygen atoms in total. The highest BCUT2D eigenvalue weighted by atomic mass is 16.6. The van der Waals surface area contributed by atoms with Gasteiger partial charge in [-0.15, -0.1) is 0 Å². The van der Waals surface area contributed by atoms with Crippen LogP contribution < -0.4 is 10.9 Å². The number of benzene rings is 1. The number of hydrogen-bond donors (Lipinski definition) is 2. The van der Waals surface area contributed by atoms with Crippen LogP contribution >= 0.6 is 0 Å². The Bertz CT molecular complexity index is 394.